The molecular weight excluding hydrogens is 224 g/mol. The van der Waals surface area contributed by atoms with E-state index in [2.05, 4.69) is 23.4 Å². The molecule has 0 radical (unpaired) electrons. The predicted octanol–water partition coefficient (Wildman–Crippen LogP) is 3.06. The van der Waals surface area contributed by atoms with Crippen LogP contribution in [0.25, 0.3) is 0 Å². The van der Waals surface area contributed by atoms with Gasteiger partial charge in [0, 0.05) is 18.3 Å². The molecule has 0 saturated heterocycles. The summed E-state index contributed by atoms with van der Waals surface area (Å²) < 4.78 is 1.25. The molecule has 2 N–H and O–H groups in total. The van der Waals surface area contributed by atoms with Gasteiger partial charge in [-0.15, -0.1) is 11.3 Å². The summed E-state index contributed by atoms with van der Waals surface area (Å²) in [5, 5.41) is 3.10. The first-order valence-corrected chi connectivity index (χ1v) is 6.37. The van der Waals surface area contributed by atoms with Gasteiger partial charge in [0.05, 0.1) is 4.21 Å². The molecule has 0 atom stereocenters. The van der Waals surface area contributed by atoms with Crippen molar-refractivity contribution in [3.05, 3.63) is 40.9 Å². The summed E-state index contributed by atoms with van der Waals surface area (Å²) in [5.41, 5.74) is 8.09. The van der Waals surface area contributed by atoms with Gasteiger partial charge >= 0.3 is 0 Å². The highest BCUT2D eigenvalue weighted by Gasteiger charge is 2.07. The summed E-state index contributed by atoms with van der Waals surface area (Å²) >= 11 is 3.41. The zero-order chi connectivity index (χ0) is 10.7. The van der Waals surface area contributed by atoms with Gasteiger partial charge in [-0.1, -0.05) is 17.8 Å². The third kappa shape index (κ3) is 2.40. The molecule has 2 rings (SSSR count). The van der Waals surface area contributed by atoms with Crippen LogP contribution in [0.3, 0.4) is 0 Å². The van der Waals surface area contributed by atoms with Crippen LogP contribution in [0.2, 0.25) is 0 Å². The third-order valence-corrected chi connectivity index (χ3v) is 4.23. The van der Waals surface area contributed by atoms with Crippen molar-refractivity contribution in [2.24, 2.45) is 5.73 Å². The van der Waals surface area contributed by atoms with Crippen LogP contribution in [0.5, 0.6) is 0 Å². The lowest BCUT2D eigenvalue weighted by Gasteiger charge is -2.07. The monoisotopic (exact) mass is 236 g/mol. The summed E-state index contributed by atoms with van der Waals surface area (Å²) in [7, 11) is 0. The largest absolute Gasteiger partial charge is 0.326 e. The van der Waals surface area contributed by atoms with E-state index in [1.807, 2.05) is 18.3 Å². The number of aryl methyl sites for hydroxylation is 1. The number of nitrogens with two attached hydrogens (primary N) is 1. The van der Waals surface area contributed by atoms with Gasteiger partial charge in [0.25, 0.3) is 0 Å². The van der Waals surface area contributed by atoms with E-state index in [1.165, 1.54) is 9.77 Å². The summed E-state index contributed by atoms with van der Waals surface area (Å²) in [6, 6.07) is 6.14. The van der Waals surface area contributed by atoms with Crippen LogP contribution in [0, 0.1) is 6.92 Å². The molecule has 0 aliphatic rings. The lowest BCUT2D eigenvalue weighted by atomic mass is 10.2. The lowest BCUT2D eigenvalue weighted by Crippen LogP contribution is -2.02. The first-order valence-electron chi connectivity index (χ1n) is 4.67. The average Bonchev–Trinajstić information content (AvgIpc) is 2.71. The molecule has 2 nitrogen and oxygen atoms in total. The Balaban J connectivity index is 2.32. The molecule has 0 bridgehead atoms. The van der Waals surface area contributed by atoms with Gasteiger partial charge in [-0.2, -0.15) is 0 Å². The maximum Gasteiger partial charge on any atom is 0.106 e. The van der Waals surface area contributed by atoms with Crippen molar-refractivity contribution in [1.29, 1.82) is 0 Å². The molecular formula is C11H12N2S2. The molecule has 15 heavy (non-hydrogen) atoms. The van der Waals surface area contributed by atoms with Crippen molar-refractivity contribution in [3.63, 3.8) is 0 Å². The minimum atomic E-state index is 0.549. The van der Waals surface area contributed by atoms with E-state index in [1.54, 1.807) is 23.1 Å². The van der Waals surface area contributed by atoms with E-state index in [9.17, 15) is 0 Å². The highest BCUT2D eigenvalue weighted by molar-refractivity contribution is 8.01. The summed E-state index contributed by atoms with van der Waals surface area (Å²) in [6.45, 7) is 2.62. The molecule has 0 aliphatic carbocycles. The maximum atomic E-state index is 5.73. The highest BCUT2D eigenvalue weighted by atomic mass is 32.2. The number of thiophene rings is 1. The second kappa shape index (κ2) is 4.79. The molecule has 0 aromatic carbocycles. The second-order valence-corrected chi connectivity index (χ2v) is 5.39. The average molecular weight is 236 g/mol. The van der Waals surface area contributed by atoms with Crippen LogP contribution in [0.4, 0.5) is 0 Å². The topological polar surface area (TPSA) is 38.9 Å². The number of hydrogen-bond donors (Lipinski definition) is 1. The Labute approximate surface area is 97.5 Å². The van der Waals surface area contributed by atoms with Crippen molar-refractivity contribution in [1.82, 2.24) is 4.98 Å². The van der Waals surface area contributed by atoms with E-state index < -0.39 is 0 Å². The molecule has 0 amide bonds. The van der Waals surface area contributed by atoms with Crippen molar-refractivity contribution in [2.45, 2.75) is 22.7 Å². The van der Waals surface area contributed by atoms with E-state index >= 15 is 0 Å². The van der Waals surface area contributed by atoms with Gasteiger partial charge in [-0.25, -0.2) is 4.98 Å². The number of aromatic nitrogens is 1. The van der Waals surface area contributed by atoms with E-state index in [0.29, 0.717) is 6.54 Å². The van der Waals surface area contributed by atoms with Crippen LogP contribution >= 0.6 is 23.1 Å². The quantitative estimate of drug-likeness (QED) is 0.890. The summed E-state index contributed by atoms with van der Waals surface area (Å²) in [5.74, 6) is 0. The standard InChI is InChI=1S/C11H12N2S2/c1-8-4-5-13-11(9(8)7-12)15-10-3-2-6-14-10/h2-6H,7,12H2,1H3. The van der Waals surface area contributed by atoms with Gasteiger partial charge in [-0.05, 0) is 30.0 Å². The van der Waals surface area contributed by atoms with Gasteiger partial charge in [0.1, 0.15) is 5.03 Å². The Kier molecular flexibility index (Phi) is 3.41. The molecule has 0 aliphatic heterocycles. The lowest BCUT2D eigenvalue weighted by molar-refractivity contribution is 0.943. The fourth-order valence-corrected chi connectivity index (χ4v) is 3.18. The van der Waals surface area contributed by atoms with Gasteiger partial charge < -0.3 is 5.73 Å². The van der Waals surface area contributed by atoms with Crippen molar-refractivity contribution in [2.75, 3.05) is 0 Å². The van der Waals surface area contributed by atoms with Crippen LogP contribution in [-0.4, -0.2) is 4.98 Å². The Morgan fingerprint density at radius 2 is 2.33 bits per heavy atom. The van der Waals surface area contributed by atoms with Gasteiger partial charge in [0.2, 0.25) is 0 Å². The van der Waals surface area contributed by atoms with E-state index in [0.717, 1.165) is 10.6 Å². The minimum Gasteiger partial charge on any atom is -0.326 e. The molecule has 2 aromatic rings. The maximum absolute atomic E-state index is 5.73. The zero-order valence-electron chi connectivity index (χ0n) is 8.43. The van der Waals surface area contributed by atoms with Crippen LogP contribution in [0.1, 0.15) is 11.1 Å². The number of hydrogen-bond acceptors (Lipinski definition) is 4. The van der Waals surface area contributed by atoms with Crippen molar-refractivity contribution < 1.29 is 0 Å². The third-order valence-electron chi connectivity index (χ3n) is 2.15. The summed E-state index contributed by atoms with van der Waals surface area (Å²) in [6.07, 6.45) is 1.84. The molecule has 0 spiro atoms. The number of rotatable bonds is 3. The van der Waals surface area contributed by atoms with Gasteiger partial charge in [-0.3, -0.25) is 0 Å². The Hall–Kier alpha value is -0.840. The molecule has 2 aromatic heterocycles. The van der Waals surface area contributed by atoms with Crippen molar-refractivity contribution >= 4 is 23.1 Å². The normalized spacial score (nSPS) is 10.5. The Bertz CT molecular complexity index is 438. The fraction of sp³-hybridized carbons (Fsp3) is 0.182. The number of pyridine rings is 1. The first kappa shape index (κ1) is 10.7. The van der Waals surface area contributed by atoms with Crippen LogP contribution in [-0.2, 0) is 6.54 Å². The van der Waals surface area contributed by atoms with E-state index in [-0.39, 0.29) is 0 Å². The fourth-order valence-electron chi connectivity index (χ4n) is 1.32. The molecule has 0 unspecified atom stereocenters. The van der Waals surface area contributed by atoms with Crippen molar-refractivity contribution in [3.8, 4) is 0 Å². The van der Waals surface area contributed by atoms with Crippen LogP contribution in [0.15, 0.2) is 39.0 Å². The second-order valence-electron chi connectivity index (χ2n) is 3.15. The Morgan fingerprint density at radius 3 is 3.00 bits per heavy atom. The highest BCUT2D eigenvalue weighted by Crippen LogP contribution is 2.32. The van der Waals surface area contributed by atoms with E-state index in [4.69, 9.17) is 5.73 Å². The molecule has 78 valence electrons. The molecule has 0 saturated carbocycles. The molecule has 4 heteroatoms. The molecule has 2 heterocycles. The molecule has 0 fully saturated rings. The number of nitrogens with zero attached hydrogens (tertiary/aromatic N) is 1. The zero-order valence-corrected chi connectivity index (χ0v) is 10.1. The SMILES string of the molecule is Cc1ccnc(Sc2cccs2)c1CN. The first-order chi connectivity index (χ1) is 7.31. The van der Waals surface area contributed by atoms with Crippen LogP contribution < -0.4 is 5.73 Å². The predicted molar refractivity (Wildman–Crippen MR) is 65.3 cm³/mol. The Morgan fingerprint density at radius 1 is 1.47 bits per heavy atom. The van der Waals surface area contributed by atoms with Gasteiger partial charge in [0.15, 0.2) is 0 Å². The summed E-state index contributed by atoms with van der Waals surface area (Å²) in [4.78, 5) is 4.37. The smallest absolute Gasteiger partial charge is 0.106 e. The minimum absolute atomic E-state index is 0.549.